The van der Waals surface area contributed by atoms with E-state index in [0.717, 1.165) is 37.1 Å². The van der Waals surface area contributed by atoms with Crippen molar-refractivity contribution in [1.29, 1.82) is 0 Å². The highest BCUT2D eigenvalue weighted by Crippen LogP contribution is 2.33. The maximum Gasteiger partial charge on any atom is 0.315 e. The van der Waals surface area contributed by atoms with Gasteiger partial charge in [0, 0.05) is 19.1 Å². The summed E-state index contributed by atoms with van der Waals surface area (Å²) < 4.78 is 37.0. The average Bonchev–Trinajstić information content (AvgIpc) is 3.37. The second-order valence-electron chi connectivity index (χ2n) is 9.44. The number of anilines is 1. The molecule has 1 aliphatic rings. The summed E-state index contributed by atoms with van der Waals surface area (Å²) in [4.78, 5) is 30.5. The van der Waals surface area contributed by atoms with Gasteiger partial charge in [0.05, 0.1) is 19.8 Å². The smallest absolute Gasteiger partial charge is 0.315 e. The molecule has 0 atom stereocenters. The van der Waals surface area contributed by atoms with Crippen LogP contribution in [0.3, 0.4) is 0 Å². The van der Waals surface area contributed by atoms with Gasteiger partial charge in [0.2, 0.25) is 11.7 Å². The second kappa shape index (κ2) is 14.0. The number of oxazole rings is 1. The van der Waals surface area contributed by atoms with Crippen LogP contribution in [0.1, 0.15) is 51.2 Å². The van der Waals surface area contributed by atoms with Crippen LogP contribution in [-0.2, 0) is 27.4 Å². The van der Waals surface area contributed by atoms with Crippen LogP contribution in [0.5, 0.6) is 11.5 Å². The number of halogens is 1. The topological polar surface area (TPSA) is 115 Å². The number of piperidine rings is 1. The molecule has 1 aliphatic heterocycles. The molecule has 11 heteroatoms. The number of nitrogens with one attached hydrogen (secondary N) is 2. The standard InChI is InChI=1S/C29H37FN4O6/c1-4-37-24-14-20(15-25(28(24)30)38-5-2)18-34(21-9-11-31-12-10-21)29-33-22-13-19(7-8-23(22)40-29)17-32-26(35)16-27(36)39-6-3/h7-8,13-15,21,31H,4-6,9-12,16-18H2,1-3H3,(H,32,35). The number of fused-ring (bicyclic) bond motifs is 1. The molecule has 2 heterocycles. The molecular weight excluding hydrogens is 519 g/mol. The Morgan fingerprint density at radius 1 is 1.05 bits per heavy atom. The van der Waals surface area contributed by atoms with E-state index in [-0.39, 0.29) is 37.1 Å². The van der Waals surface area contributed by atoms with Crippen LogP contribution < -0.4 is 25.0 Å². The molecule has 4 rings (SSSR count). The third-order valence-corrected chi connectivity index (χ3v) is 6.55. The molecule has 0 spiro atoms. The minimum absolute atomic E-state index is 0.154. The molecule has 2 N–H and O–H groups in total. The van der Waals surface area contributed by atoms with Crippen LogP contribution >= 0.6 is 0 Å². The van der Waals surface area contributed by atoms with Crippen molar-refractivity contribution in [2.24, 2.45) is 0 Å². The Bertz CT molecular complexity index is 1280. The summed E-state index contributed by atoms with van der Waals surface area (Å²) in [5, 5.41) is 6.12. The molecule has 3 aromatic rings. The summed E-state index contributed by atoms with van der Waals surface area (Å²) in [6.45, 7) is 8.62. The minimum Gasteiger partial charge on any atom is -0.491 e. The monoisotopic (exact) mass is 556 g/mol. The molecule has 1 amide bonds. The number of carbonyl (C=O) groups is 2. The first-order valence-electron chi connectivity index (χ1n) is 13.8. The van der Waals surface area contributed by atoms with E-state index < -0.39 is 17.7 Å². The Labute approximate surface area is 233 Å². The number of benzene rings is 2. The van der Waals surface area contributed by atoms with E-state index in [2.05, 4.69) is 15.5 Å². The number of amides is 1. The lowest BCUT2D eigenvalue weighted by atomic mass is 10.0. The van der Waals surface area contributed by atoms with Gasteiger partial charge >= 0.3 is 5.97 Å². The summed E-state index contributed by atoms with van der Waals surface area (Å²) in [5.74, 6) is -1.17. The number of rotatable bonds is 13. The van der Waals surface area contributed by atoms with Crippen molar-refractivity contribution in [2.75, 3.05) is 37.8 Å². The van der Waals surface area contributed by atoms with Crippen LogP contribution in [-0.4, -0.2) is 55.8 Å². The van der Waals surface area contributed by atoms with E-state index in [1.54, 1.807) is 19.1 Å². The number of hydrogen-bond acceptors (Lipinski definition) is 9. The fourth-order valence-corrected chi connectivity index (χ4v) is 4.71. The maximum atomic E-state index is 14.9. The zero-order chi connectivity index (χ0) is 28.5. The predicted molar refractivity (Wildman–Crippen MR) is 148 cm³/mol. The first-order valence-corrected chi connectivity index (χ1v) is 13.8. The molecular formula is C29H37FN4O6. The molecule has 40 heavy (non-hydrogen) atoms. The Kier molecular flexibility index (Phi) is 10.2. The zero-order valence-corrected chi connectivity index (χ0v) is 23.3. The van der Waals surface area contributed by atoms with Crippen LogP contribution in [0.25, 0.3) is 11.1 Å². The molecule has 0 radical (unpaired) electrons. The van der Waals surface area contributed by atoms with Gasteiger partial charge in [-0.2, -0.15) is 9.37 Å². The van der Waals surface area contributed by atoms with Crippen LogP contribution in [0, 0.1) is 5.82 Å². The normalized spacial score (nSPS) is 13.7. The van der Waals surface area contributed by atoms with Gasteiger partial charge in [-0.3, -0.25) is 9.59 Å². The quantitative estimate of drug-likeness (QED) is 0.237. The molecule has 0 bridgehead atoms. The van der Waals surface area contributed by atoms with Crippen molar-refractivity contribution >= 4 is 29.0 Å². The molecule has 0 aliphatic carbocycles. The fourth-order valence-electron chi connectivity index (χ4n) is 4.71. The summed E-state index contributed by atoms with van der Waals surface area (Å²) in [6, 6.07) is 9.55. The summed E-state index contributed by atoms with van der Waals surface area (Å²) >= 11 is 0. The van der Waals surface area contributed by atoms with E-state index in [9.17, 15) is 14.0 Å². The van der Waals surface area contributed by atoms with Crippen molar-refractivity contribution in [1.82, 2.24) is 15.6 Å². The molecule has 10 nitrogen and oxygen atoms in total. The fraction of sp³-hybridized carbons (Fsp3) is 0.483. The number of hydrogen-bond donors (Lipinski definition) is 2. The van der Waals surface area contributed by atoms with Gasteiger partial charge in [-0.25, -0.2) is 0 Å². The average molecular weight is 557 g/mol. The van der Waals surface area contributed by atoms with Crippen LogP contribution in [0.15, 0.2) is 34.7 Å². The van der Waals surface area contributed by atoms with Gasteiger partial charge in [0.15, 0.2) is 17.1 Å². The highest BCUT2D eigenvalue weighted by molar-refractivity contribution is 5.94. The van der Waals surface area contributed by atoms with Gasteiger partial charge in [-0.1, -0.05) is 6.07 Å². The summed E-state index contributed by atoms with van der Waals surface area (Å²) in [7, 11) is 0. The van der Waals surface area contributed by atoms with Gasteiger partial charge in [0.25, 0.3) is 6.01 Å². The number of nitrogens with zero attached hydrogens (tertiary/aromatic N) is 2. The van der Waals surface area contributed by atoms with Crippen molar-refractivity contribution in [3.05, 3.63) is 47.3 Å². The van der Waals surface area contributed by atoms with E-state index in [4.69, 9.17) is 23.6 Å². The zero-order valence-electron chi connectivity index (χ0n) is 23.3. The molecule has 0 unspecified atom stereocenters. The van der Waals surface area contributed by atoms with Gasteiger partial charge in [0.1, 0.15) is 11.9 Å². The van der Waals surface area contributed by atoms with Crippen molar-refractivity contribution < 1.29 is 32.6 Å². The van der Waals surface area contributed by atoms with Gasteiger partial charge in [-0.05, 0) is 82.1 Å². The minimum atomic E-state index is -0.558. The Morgan fingerprint density at radius 2 is 1.75 bits per heavy atom. The second-order valence-corrected chi connectivity index (χ2v) is 9.44. The van der Waals surface area contributed by atoms with Crippen molar-refractivity contribution in [3.8, 4) is 11.5 Å². The lowest BCUT2D eigenvalue weighted by Crippen LogP contribution is -2.43. The third kappa shape index (κ3) is 7.41. The summed E-state index contributed by atoms with van der Waals surface area (Å²) in [6.07, 6.45) is 1.47. The van der Waals surface area contributed by atoms with Crippen molar-refractivity contribution in [3.63, 3.8) is 0 Å². The first kappa shape index (κ1) is 29.1. The highest BCUT2D eigenvalue weighted by Gasteiger charge is 2.27. The lowest BCUT2D eigenvalue weighted by Gasteiger charge is -2.33. The number of aromatic nitrogens is 1. The third-order valence-electron chi connectivity index (χ3n) is 6.55. The maximum absolute atomic E-state index is 14.9. The van der Waals surface area contributed by atoms with Gasteiger partial charge < -0.3 is 34.2 Å². The lowest BCUT2D eigenvalue weighted by molar-refractivity contribution is -0.146. The predicted octanol–water partition coefficient (Wildman–Crippen LogP) is 4.09. The molecule has 216 valence electrons. The SMILES string of the molecule is CCOC(=O)CC(=O)NCc1ccc2oc(N(Cc3cc(OCC)c(F)c(OCC)c3)C3CCNCC3)nc2c1. The summed E-state index contributed by atoms with van der Waals surface area (Å²) in [5.41, 5.74) is 2.90. The Hall–Kier alpha value is -3.86. The largest absolute Gasteiger partial charge is 0.491 e. The Balaban J connectivity index is 1.57. The molecule has 0 saturated carbocycles. The van der Waals surface area contributed by atoms with Crippen LogP contribution in [0.4, 0.5) is 10.4 Å². The number of carbonyl (C=O) groups excluding carboxylic acids is 2. The molecule has 1 saturated heterocycles. The van der Waals surface area contributed by atoms with Crippen molar-refractivity contribution in [2.45, 2.75) is 59.2 Å². The molecule has 1 aromatic heterocycles. The number of esters is 1. The molecule has 2 aromatic carbocycles. The van der Waals surface area contributed by atoms with Gasteiger partial charge in [-0.15, -0.1) is 0 Å². The van der Waals surface area contributed by atoms with E-state index in [1.165, 1.54) is 0 Å². The Morgan fingerprint density at radius 3 is 2.40 bits per heavy atom. The highest BCUT2D eigenvalue weighted by atomic mass is 19.1. The van der Waals surface area contributed by atoms with Crippen LogP contribution in [0.2, 0.25) is 0 Å². The van der Waals surface area contributed by atoms with E-state index >= 15 is 0 Å². The van der Waals surface area contributed by atoms with E-state index in [0.29, 0.717) is 36.9 Å². The number of ether oxygens (including phenoxy) is 3. The van der Waals surface area contributed by atoms with E-state index in [1.807, 2.05) is 32.0 Å². The molecule has 1 fully saturated rings. The first-order chi connectivity index (χ1) is 19.4.